The Kier molecular flexibility index (Phi) is 8.25. The SMILES string of the molecule is C=CCOCC1CCC(C2CCC(COCC=C)CC2)CC1. The van der Waals surface area contributed by atoms with Crippen molar-refractivity contribution in [1.82, 2.24) is 0 Å². The van der Waals surface area contributed by atoms with Crippen molar-refractivity contribution >= 4 is 0 Å². The minimum absolute atomic E-state index is 0.706. The second kappa shape index (κ2) is 10.2. The first-order chi connectivity index (χ1) is 10.8. The van der Waals surface area contributed by atoms with E-state index in [0.717, 1.165) is 36.9 Å². The quantitative estimate of drug-likeness (QED) is 0.440. The van der Waals surface area contributed by atoms with E-state index < -0.39 is 0 Å². The maximum Gasteiger partial charge on any atom is 0.0644 e. The molecule has 0 amide bonds. The summed E-state index contributed by atoms with van der Waals surface area (Å²) in [6.45, 7) is 10.7. The molecule has 0 N–H and O–H groups in total. The predicted molar refractivity (Wildman–Crippen MR) is 92.9 cm³/mol. The van der Waals surface area contributed by atoms with Crippen LogP contribution in [0.3, 0.4) is 0 Å². The summed E-state index contributed by atoms with van der Waals surface area (Å²) in [5.74, 6) is 3.54. The molecule has 0 bridgehead atoms. The summed E-state index contributed by atoms with van der Waals surface area (Å²) in [6.07, 6.45) is 14.8. The van der Waals surface area contributed by atoms with Gasteiger partial charge in [-0.05, 0) is 75.0 Å². The van der Waals surface area contributed by atoms with Gasteiger partial charge in [0.15, 0.2) is 0 Å². The van der Waals surface area contributed by atoms with Gasteiger partial charge in [-0.15, -0.1) is 13.2 Å². The minimum atomic E-state index is 0.706. The Morgan fingerprint density at radius 2 is 1.00 bits per heavy atom. The van der Waals surface area contributed by atoms with Gasteiger partial charge in [0.05, 0.1) is 13.2 Å². The van der Waals surface area contributed by atoms with Crippen molar-refractivity contribution in [1.29, 1.82) is 0 Å². The van der Waals surface area contributed by atoms with Crippen LogP contribution in [0.5, 0.6) is 0 Å². The van der Waals surface area contributed by atoms with Gasteiger partial charge in [-0.3, -0.25) is 0 Å². The molecule has 2 rings (SSSR count). The van der Waals surface area contributed by atoms with E-state index in [1.165, 1.54) is 51.4 Å². The first kappa shape index (κ1) is 17.7. The van der Waals surface area contributed by atoms with Crippen LogP contribution in [-0.4, -0.2) is 26.4 Å². The zero-order chi connectivity index (χ0) is 15.6. The molecule has 2 aliphatic carbocycles. The Morgan fingerprint density at radius 3 is 1.32 bits per heavy atom. The normalized spacial score (nSPS) is 32.5. The number of rotatable bonds is 9. The molecule has 0 aromatic rings. The molecule has 0 aliphatic heterocycles. The van der Waals surface area contributed by atoms with Gasteiger partial charge >= 0.3 is 0 Å². The fraction of sp³-hybridized carbons (Fsp3) is 0.800. The van der Waals surface area contributed by atoms with Crippen LogP contribution >= 0.6 is 0 Å². The van der Waals surface area contributed by atoms with E-state index in [1.807, 2.05) is 12.2 Å². The van der Waals surface area contributed by atoms with Crippen LogP contribution in [0, 0.1) is 23.7 Å². The van der Waals surface area contributed by atoms with Crippen molar-refractivity contribution in [3.8, 4) is 0 Å². The van der Waals surface area contributed by atoms with Gasteiger partial charge in [0.2, 0.25) is 0 Å². The van der Waals surface area contributed by atoms with Gasteiger partial charge in [-0.2, -0.15) is 0 Å². The molecule has 0 unspecified atom stereocenters. The molecule has 0 radical (unpaired) electrons. The maximum atomic E-state index is 5.62. The highest BCUT2D eigenvalue weighted by Gasteiger charge is 2.30. The molecule has 2 nitrogen and oxygen atoms in total. The molecule has 0 saturated heterocycles. The van der Waals surface area contributed by atoms with Crippen molar-refractivity contribution in [2.75, 3.05) is 26.4 Å². The van der Waals surface area contributed by atoms with Crippen molar-refractivity contribution in [2.45, 2.75) is 51.4 Å². The molecule has 22 heavy (non-hydrogen) atoms. The monoisotopic (exact) mass is 306 g/mol. The highest BCUT2D eigenvalue weighted by molar-refractivity contribution is 4.82. The third-order valence-corrected chi connectivity index (χ3v) is 5.63. The fourth-order valence-electron chi connectivity index (χ4n) is 4.29. The zero-order valence-electron chi connectivity index (χ0n) is 14.2. The average molecular weight is 306 g/mol. The van der Waals surface area contributed by atoms with Crippen molar-refractivity contribution in [3.63, 3.8) is 0 Å². The summed E-state index contributed by atoms with van der Waals surface area (Å²) < 4.78 is 11.2. The molecule has 0 spiro atoms. The highest BCUT2D eigenvalue weighted by Crippen LogP contribution is 2.41. The molecular weight excluding hydrogens is 272 g/mol. The summed E-state index contributed by atoms with van der Waals surface area (Å²) in [7, 11) is 0. The van der Waals surface area contributed by atoms with Crippen LogP contribution in [0.1, 0.15) is 51.4 Å². The fourth-order valence-corrected chi connectivity index (χ4v) is 4.29. The van der Waals surface area contributed by atoms with Gasteiger partial charge in [-0.25, -0.2) is 0 Å². The summed E-state index contributed by atoms with van der Waals surface area (Å²) in [6, 6.07) is 0. The summed E-state index contributed by atoms with van der Waals surface area (Å²) in [5, 5.41) is 0. The van der Waals surface area contributed by atoms with Crippen molar-refractivity contribution in [2.24, 2.45) is 23.7 Å². The van der Waals surface area contributed by atoms with Crippen LogP contribution in [-0.2, 0) is 9.47 Å². The number of ether oxygens (including phenoxy) is 2. The number of hydrogen-bond acceptors (Lipinski definition) is 2. The lowest BCUT2D eigenvalue weighted by Crippen LogP contribution is -2.28. The van der Waals surface area contributed by atoms with E-state index >= 15 is 0 Å². The standard InChI is InChI=1S/C20H34O2/c1-3-13-21-15-17-5-9-19(10-6-17)20-11-7-18(8-12-20)16-22-14-4-2/h3-4,17-20H,1-2,5-16H2. The Bertz CT molecular complexity index is 278. The minimum Gasteiger partial charge on any atom is -0.377 e. The van der Waals surface area contributed by atoms with Crippen LogP contribution in [0.25, 0.3) is 0 Å². The summed E-state index contributed by atoms with van der Waals surface area (Å²) in [5.41, 5.74) is 0. The molecule has 0 aromatic heterocycles. The molecule has 2 aliphatic rings. The molecular formula is C20H34O2. The Labute approximate surface area is 137 Å². The van der Waals surface area contributed by atoms with E-state index in [0.29, 0.717) is 13.2 Å². The molecule has 0 aromatic carbocycles. The van der Waals surface area contributed by atoms with Crippen molar-refractivity contribution < 1.29 is 9.47 Å². The molecule has 126 valence electrons. The molecule has 2 fully saturated rings. The van der Waals surface area contributed by atoms with E-state index in [4.69, 9.17) is 9.47 Å². The van der Waals surface area contributed by atoms with E-state index in [-0.39, 0.29) is 0 Å². The highest BCUT2D eigenvalue weighted by atomic mass is 16.5. The van der Waals surface area contributed by atoms with Gasteiger partial charge < -0.3 is 9.47 Å². The Hall–Kier alpha value is -0.600. The second-order valence-electron chi connectivity index (χ2n) is 7.21. The zero-order valence-corrected chi connectivity index (χ0v) is 14.2. The van der Waals surface area contributed by atoms with E-state index in [9.17, 15) is 0 Å². The molecule has 0 atom stereocenters. The first-order valence-electron chi connectivity index (χ1n) is 9.20. The van der Waals surface area contributed by atoms with E-state index in [1.54, 1.807) is 0 Å². The van der Waals surface area contributed by atoms with Crippen LogP contribution in [0.15, 0.2) is 25.3 Å². The first-order valence-corrected chi connectivity index (χ1v) is 9.20. The summed E-state index contributed by atoms with van der Waals surface area (Å²) in [4.78, 5) is 0. The summed E-state index contributed by atoms with van der Waals surface area (Å²) >= 11 is 0. The van der Waals surface area contributed by atoms with Gasteiger partial charge in [0.25, 0.3) is 0 Å². The Morgan fingerprint density at radius 1 is 0.636 bits per heavy atom. The lowest BCUT2D eigenvalue weighted by molar-refractivity contribution is 0.0631. The van der Waals surface area contributed by atoms with Crippen LogP contribution < -0.4 is 0 Å². The number of hydrogen-bond donors (Lipinski definition) is 0. The third-order valence-electron chi connectivity index (χ3n) is 5.63. The van der Waals surface area contributed by atoms with Crippen LogP contribution in [0.2, 0.25) is 0 Å². The van der Waals surface area contributed by atoms with E-state index in [2.05, 4.69) is 13.2 Å². The topological polar surface area (TPSA) is 18.5 Å². The van der Waals surface area contributed by atoms with Gasteiger partial charge in [0, 0.05) is 13.2 Å². The third kappa shape index (κ3) is 5.89. The van der Waals surface area contributed by atoms with Gasteiger partial charge in [-0.1, -0.05) is 12.2 Å². The largest absolute Gasteiger partial charge is 0.377 e. The average Bonchev–Trinajstić information content (AvgIpc) is 2.57. The predicted octanol–water partition coefficient (Wildman–Crippen LogP) is 5.00. The Balaban J connectivity index is 1.60. The lowest BCUT2D eigenvalue weighted by atomic mass is 9.69. The molecule has 2 saturated carbocycles. The molecule has 2 heteroatoms. The van der Waals surface area contributed by atoms with Crippen molar-refractivity contribution in [3.05, 3.63) is 25.3 Å². The second-order valence-corrected chi connectivity index (χ2v) is 7.21. The smallest absolute Gasteiger partial charge is 0.0644 e. The van der Waals surface area contributed by atoms with Gasteiger partial charge in [0.1, 0.15) is 0 Å². The lowest BCUT2D eigenvalue weighted by Gasteiger charge is -2.37. The molecule has 0 heterocycles. The van der Waals surface area contributed by atoms with Crippen LogP contribution in [0.4, 0.5) is 0 Å². The maximum absolute atomic E-state index is 5.62.